The molecule has 1 N–H and O–H groups in total. The third-order valence-electron chi connectivity index (χ3n) is 4.84. The van der Waals surface area contributed by atoms with Crippen molar-refractivity contribution in [1.82, 2.24) is 9.80 Å². The van der Waals surface area contributed by atoms with E-state index in [9.17, 15) is 18.0 Å². The molecular formula is C21H24F3N3O. The minimum absolute atomic E-state index is 0.174. The molecule has 2 aromatic rings. The Morgan fingerprint density at radius 2 is 1.61 bits per heavy atom. The Morgan fingerprint density at radius 1 is 0.929 bits per heavy atom. The number of nitrogens with one attached hydrogen (secondary N) is 1. The maximum atomic E-state index is 12.7. The van der Waals surface area contributed by atoms with E-state index >= 15 is 0 Å². The van der Waals surface area contributed by atoms with Crippen LogP contribution in [-0.2, 0) is 17.5 Å². The van der Waals surface area contributed by atoms with Crippen LogP contribution in [0.3, 0.4) is 0 Å². The van der Waals surface area contributed by atoms with Crippen LogP contribution < -0.4 is 5.32 Å². The molecule has 0 saturated carbocycles. The van der Waals surface area contributed by atoms with Crippen LogP contribution in [0.1, 0.15) is 17.5 Å². The van der Waals surface area contributed by atoms with Crippen molar-refractivity contribution in [3.05, 3.63) is 65.7 Å². The lowest BCUT2D eigenvalue weighted by atomic mass is 10.2. The summed E-state index contributed by atoms with van der Waals surface area (Å²) in [4.78, 5) is 16.7. The monoisotopic (exact) mass is 391 g/mol. The van der Waals surface area contributed by atoms with Crippen LogP contribution in [0.2, 0.25) is 0 Å². The predicted octanol–water partition coefficient (Wildman–Crippen LogP) is 3.85. The molecular weight excluding hydrogens is 367 g/mol. The molecule has 2 aromatic carbocycles. The highest BCUT2D eigenvalue weighted by molar-refractivity contribution is 5.90. The quantitative estimate of drug-likeness (QED) is 0.813. The average Bonchev–Trinajstić information content (AvgIpc) is 2.68. The number of anilines is 1. The molecule has 1 amide bonds. The van der Waals surface area contributed by atoms with Gasteiger partial charge in [0.2, 0.25) is 5.91 Å². The molecule has 0 spiro atoms. The summed E-state index contributed by atoms with van der Waals surface area (Å²) in [6.07, 6.45) is -4.16. The van der Waals surface area contributed by atoms with Gasteiger partial charge < -0.3 is 10.2 Å². The Bertz CT molecular complexity index is 772. The normalized spacial score (nSPS) is 16.1. The van der Waals surface area contributed by atoms with E-state index < -0.39 is 11.7 Å². The zero-order valence-corrected chi connectivity index (χ0v) is 15.6. The van der Waals surface area contributed by atoms with Gasteiger partial charge in [0, 0.05) is 51.4 Å². The first-order valence-electron chi connectivity index (χ1n) is 9.36. The number of alkyl halides is 3. The maximum Gasteiger partial charge on any atom is 0.416 e. The van der Waals surface area contributed by atoms with Crippen LogP contribution in [-0.4, -0.2) is 48.4 Å². The SMILES string of the molecule is O=C(CCN1CCN(Cc2ccccc2)CC1)Nc1cccc(C(F)(F)F)c1. The molecule has 0 radical (unpaired) electrons. The second kappa shape index (κ2) is 9.21. The average molecular weight is 391 g/mol. The number of halogens is 3. The van der Waals surface area contributed by atoms with Gasteiger partial charge in [0.25, 0.3) is 0 Å². The van der Waals surface area contributed by atoms with Crippen LogP contribution in [0, 0.1) is 0 Å². The largest absolute Gasteiger partial charge is 0.416 e. The van der Waals surface area contributed by atoms with Crippen molar-refractivity contribution in [2.75, 3.05) is 38.0 Å². The Balaban J connectivity index is 1.40. The number of carbonyl (C=O) groups excluding carboxylic acids is 1. The number of piperazine rings is 1. The van der Waals surface area contributed by atoms with Crippen molar-refractivity contribution in [2.24, 2.45) is 0 Å². The summed E-state index contributed by atoms with van der Waals surface area (Å²) in [5, 5.41) is 2.56. The fourth-order valence-corrected chi connectivity index (χ4v) is 3.27. The van der Waals surface area contributed by atoms with Gasteiger partial charge in [-0.1, -0.05) is 36.4 Å². The van der Waals surface area contributed by atoms with Crippen LogP contribution >= 0.6 is 0 Å². The molecule has 3 rings (SSSR count). The number of hydrogen-bond acceptors (Lipinski definition) is 3. The van der Waals surface area contributed by atoms with Gasteiger partial charge in [-0.15, -0.1) is 0 Å². The number of hydrogen-bond donors (Lipinski definition) is 1. The molecule has 1 aliphatic rings. The van der Waals surface area contributed by atoms with Gasteiger partial charge in [-0.2, -0.15) is 13.2 Å². The molecule has 0 bridgehead atoms. The first kappa shape index (κ1) is 20.4. The van der Waals surface area contributed by atoms with E-state index in [1.807, 2.05) is 18.2 Å². The van der Waals surface area contributed by atoms with Crippen LogP contribution in [0.15, 0.2) is 54.6 Å². The van der Waals surface area contributed by atoms with E-state index in [-0.39, 0.29) is 18.0 Å². The molecule has 0 aliphatic carbocycles. The third kappa shape index (κ3) is 6.07. The van der Waals surface area contributed by atoms with Gasteiger partial charge in [-0.05, 0) is 23.8 Å². The van der Waals surface area contributed by atoms with Crippen LogP contribution in [0.5, 0.6) is 0 Å². The summed E-state index contributed by atoms with van der Waals surface area (Å²) in [6.45, 7) is 5.15. The number of benzene rings is 2. The maximum absolute atomic E-state index is 12.7. The van der Waals surface area contributed by atoms with Crippen molar-refractivity contribution in [3.8, 4) is 0 Å². The summed E-state index contributed by atoms with van der Waals surface area (Å²) >= 11 is 0. The molecule has 150 valence electrons. The third-order valence-corrected chi connectivity index (χ3v) is 4.84. The molecule has 1 heterocycles. The van der Waals surface area contributed by atoms with Gasteiger partial charge >= 0.3 is 6.18 Å². The fraction of sp³-hybridized carbons (Fsp3) is 0.381. The summed E-state index contributed by atoms with van der Waals surface area (Å²) in [6, 6.07) is 15.0. The summed E-state index contributed by atoms with van der Waals surface area (Å²) in [5.41, 5.74) is 0.698. The molecule has 0 atom stereocenters. The van der Waals surface area contributed by atoms with E-state index in [4.69, 9.17) is 0 Å². The van der Waals surface area contributed by atoms with E-state index in [1.54, 1.807) is 0 Å². The highest BCUT2D eigenvalue weighted by Crippen LogP contribution is 2.30. The second-order valence-corrected chi connectivity index (χ2v) is 6.98. The molecule has 1 fully saturated rings. The minimum atomic E-state index is -4.42. The molecule has 0 aromatic heterocycles. The van der Waals surface area contributed by atoms with Crippen molar-refractivity contribution >= 4 is 11.6 Å². The van der Waals surface area contributed by atoms with E-state index in [0.29, 0.717) is 6.54 Å². The van der Waals surface area contributed by atoms with Gasteiger partial charge in [0.15, 0.2) is 0 Å². The van der Waals surface area contributed by atoms with E-state index in [0.717, 1.165) is 44.9 Å². The number of carbonyl (C=O) groups is 1. The zero-order valence-electron chi connectivity index (χ0n) is 15.6. The summed E-state index contributed by atoms with van der Waals surface area (Å²) < 4.78 is 38.2. The van der Waals surface area contributed by atoms with Crippen LogP contribution in [0.25, 0.3) is 0 Å². The Kier molecular flexibility index (Phi) is 6.70. The van der Waals surface area contributed by atoms with Crippen molar-refractivity contribution in [3.63, 3.8) is 0 Å². The number of amides is 1. The second-order valence-electron chi connectivity index (χ2n) is 6.98. The summed E-state index contributed by atoms with van der Waals surface area (Å²) in [7, 11) is 0. The molecule has 7 heteroatoms. The zero-order chi connectivity index (χ0) is 20.0. The van der Waals surface area contributed by atoms with Crippen molar-refractivity contribution in [1.29, 1.82) is 0 Å². The minimum Gasteiger partial charge on any atom is -0.326 e. The van der Waals surface area contributed by atoms with Crippen molar-refractivity contribution in [2.45, 2.75) is 19.1 Å². The van der Waals surface area contributed by atoms with Gasteiger partial charge in [0.05, 0.1) is 5.56 Å². The van der Waals surface area contributed by atoms with Crippen LogP contribution in [0.4, 0.5) is 18.9 Å². The van der Waals surface area contributed by atoms with E-state index in [1.165, 1.54) is 17.7 Å². The first-order chi connectivity index (χ1) is 13.4. The lowest BCUT2D eigenvalue weighted by Crippen LogP contribution is -2.46. The predicted molar refractivity (Wildman–Crippen MR) is 103 cm³/mol. The fourth-order valence-electron chi connectivity index (χ4n) is 3.27. The Labute approximate surface area is 162 Å². The topological polar surface area (TPSA) is 35.6 Å². The number of nitrogens with zero attached hydrogens (tertiary/aromatic N) is 2. The van der Waals surface area contributed by atoms with Gasteiger partial charge in [-0.25, -0.2) is 0 Å². The Morgan fingerprint density at radius 3 is 2.29 bits per heavy atom. The van der Waals surface area contributed by atoms with Gasteiger partial charge in [-0.3, -0.25) is 9.69 Å². The standard InChI is InChI=1S/C21H24F3N3O/c22-21(23,24)18-7-4-8-19(15-18)25-20(28)9-10-26-11-13-27(14-12-26)16-17-5-2-1-3-6-17/h1-8,15H,9-14,16H2,(H,25,28). The smallest absolute Gasteiger partial charge is 0.326 e. The van der Waals surface area contributed by atoms with Gasteiger partial charge in [0.1, 0.15) is 0 Å². The molecule has 1 saturated heterocycles. The number of rotatable bonds is 6. The summed E-state index contributed by atoms with van der Waals surface area (Å²) in [5.74, 6) is -0.272. The van der Waals surface area contributed by atoms with Crippen molar-refractivity contribution < 1.29 is 18.0 Å². The highest BCUT2D eigenvalue weighted by Gasteiger charge is 2.30. The molecule has 1 aliphatic heterocycles. The Hall–Kier alpha value is -2.38. The molecule has 28 heavy (non-hydrogen) atoms. The van der Waals surface area contributed by atoms with E-state index in [2.05, 4.69) is 27.2 Å². The molecule has 4 nitrogen and oxygen atoms in total. The lowest BCUT2D eigenvalue weighted by Gasteiger charge is -2.34. The molecule has 0 unspecified atom stereocenters. The first-order valence-corrected chi connectivity index (χ1v) is 9.36. The highest BCUT2D eigenvalue weighted by atomic mass is 19.4. The lowest BCUT2D eigenvalue weighted by molar-refractivity contribution is -0.137.